The van der Waals surface area contributed by atoms with Crippen LogP contribution >= 0.6 is 11.8 Å². The Balaban J connectivity index is 1.67. The summed E-state index contributed by atoms with van der Waals surface area (Å²) in [5, 5.41) is 11.3. The minimum absolute atomic E-state index is 0.0246. The van der Waals surface area contributed by atoms with E-state index in [1.807, 2.05) is 31.2 Å². The van der Waals surface area contributed by atoms with Crippen LogP contribution in [-0.2, 0) is 20.9 Å². The van der Waals surface area contributed by atoms with Gasteiger partial charge in [0.2, 0.25) is 0 Å². The molecule has 1 aliphatic heterocycles. The quantitative estimate of drug-likeness (QED) is 0.199. The van der Waals surface area contributed by atoms with Crippen molar-refractivity contribution in [3.8, 4) is 0 Å². The van der Waals surface area contributed by atoms with Crippen molar-refractivity contribution >= 4 is 51.5 Å². The lowest BCUT2D eigenvalue weighted by Crippen LogP contribution is -2.35. The van der Waals surface area contributed by atoms with Gasteiger partial charge in [-0.1, -0.05) is 30.3 Å². The number of thioether (sulfide) groups is 1. The number of amides is 2. The minimum atomic E-state index is -0.639. The van der Waals surface area contributed by atoms with Crippen LogP contribution in [0, 0.1) is 17.0 Å². The van der Waals surface area contributed by atoms with Crippen LogP contribution in [0.25, 0.3) is 17.0 Å². The molecule has 0 radical (unpaired) electrons. The van der Waals surface area contributed by atoms with Crippen molar-refractivity contribution in [2.45, 2.75) is 33.4 Å². The van der Waals surface area contributed by atoms with Crippen LogP contribution in [0.15, 0.2) is 53.4 Å². The van der Waals surface area contributed by atoms with Gasteiger partial charge in [0.1, 0.15) is 6.54 Å². The van der Waals surface area contributed by atoms with E-state index >= 15 is 0 Å². The second kappa shape index (κ2) is 9.75. The van der Waals surface area contributed by atoms with E-state index in [2.05, 4.69) is 4.57 Å². The smallest absolute Gasteiger partial charge is 0.326 e. The first-order chi connectivity index (χ1) is 16.7. The van der Waals surface area contributed by atoms with Gasteiger partial charge < -0.3 is 9.30 Å². The third kappa shape index (κ3) is 4.97. The van der Waals surface area contributed by atoms with Gasteiger partial charge in [-0.3, -0.25) is 29.4 Å². The van der Waals surface area contributed by atoms with E-state index in [1.165, 1.54) is 12.1 Å². The number of carbonyl (C=O) groups is 3. The van der Waals surface area contributed by atoms with Gasteiger partial charge in [-0.2, -0.15) is 0 Å². The van der Waals surface area contributed by atoms with E-state index < -0.39 is 28.6 Å². The van der Waals surface area contributed by atoms with Crippen LogP contribution in [-0.4, -0.2) is 44.2 Å². The molecule has 0 N–H and O–H groups in total. The fraction of sp³-hybridized carbons (Fsp3) is 0.240. The molecule has 2 amide bonds. The molecule has 35 heavy (non-hydrogen) atoms. The Labute approximate surface area is 205 Å². The zero-order valence-electron chi connectivity index (χ0n) is 19.4. The van der Waals surface area contributed by atoms with Gasteiger partial charge >= 0.3 is 5.97 Å². The number of non-ortho nitro benzene ring substituents is 1. The van der Waals surface area contributed by atoms with E-state index in [-0.39, 0.29) is 16.7 Å². The Morgan fingerprint density at radius 1 is 1.14 bits per heavy atom. The summed E-state index contributed by atoms with van der Waals surface area (Å²) in [6.07, 6.45) is 1.34. The molecular formula is C25H23N3O6S. The van der Waals surface area contributed by atoms with Crippen molar-refractivity contribution < 1.29 is 24.0 Å². The number of rotatable bonds is 7. The monoisotopic (exact) mass is 493 g/mol. The maximum atomic E-state index is 12.9. The number of imide groups is 1. The first kappa shape index (κ1) is 24.2. The standard InChI is InChI=1S/C25H23N3O6S/c1-15(2)34-23(29)14-27-24(30)22(35-25(27)31)12-20-16(3)26(21-7-5-4-6-19(20)21)13-17-8-10-18(11-9-17)28(32)33/h4-12,15H,13-14H2,1-3H3/b22-12+. The van der Waals surface area contributed by atoms with Gasteiger partial charge in [-0.15, -0.1) is 0 Å². The lowest BCUT2D eigenvalue weighted by Gasteiger charge is -2.13. The van der Waals surface area contributed by atoms with Gasteiger partial charge in [0, 0.05) is 40.8 Å². The van der Waals surface area contributed by atoms with Gasteiger partial charge in [-0.05, 0) is 50.2 Å². The summed E-state index contributed by atoms with van der Waals surface area (Å²) in [5.41, 5.74) is 3.49. The number of ether oxygens (including phenoxy) is 1. The molecule has 2 aromatic carbocycles. The number of hydrogen-bond acceptors (Lipinski definition) is 7. The number of hydrogen-bond donors (Lipinski definition) is 0. The number of nitro benzene ring substituents is 1. The maximum absolute atomic E-state index is 12.9. The molecule has 0 bridgehead atoms. The van der Waals surface area contributed by atoms with E-state index in [1.54, 1.807) is 32.1 Å². The fourth-order valence-electron chi connectivity index (χ4n) is 3.95. The summed E-state index contributed by atoms with van der Waals surface area (Å²) in [4.78, 5) is 49.0. The number of nitrogens with zero attached hydrogens (tertiary/aromatic N) is 3. The summed E-state index contributed by atoms with van der Waals surface area (Å²) < 4.78 is 7.13. The largest absolute Gasteiger partial charge is 0.462 e. The Bertz CT molecular complexity index is 1370. The normalized spacial score (nSPS) is 15.0. The molecule has 10 heteroatoms. The average molecular weight is 494 g/mol. The molecule has 9 nitrogen and oxygen atoms in total. The highest BCUT2D eigenvalue weighted by Gasteiger charge is 2.37. The predicted octanol–water partition coefficient (Wildman–Crippen LogP) is 4.89. The molecule has 3 aromatic rings. The van der Waals surface area contributed by atoms with Crippen molar-refractivity contribution in [3.63, 3.8) is 0 Å². The van der Waals surface area contributed by atoms with Crippen LogP contribution in [0.3, 0.4) is 0 Å². The second-order valence-corrected chi connectivity index (χ2v) is 9.33. The molecule has 1 aliphatic rings. The molecule has 0 saturated carbocycles. The Morgan fingerprint density at radius 2 is 1.83 bits per heavy atom. The number of para-hydroxylation sites is 1. The summed E-state index contributed by atoms with van der Waals surface area (Å²) in [7, 11) is 0. The molecule has 0 atom stereocenters. The SMILES string of the molecule is Cc1c(/C=C2/SC(=O)N(CC(=O)OC(C)C)C2=O)c2ccccc2n1Cc1ccc([N+](=O)[O-])cc1. The lowest BCUT2D eigenvalue weighted by molar-refractivity contribution is -0.384. The second-order valence-electron chi connectivity index (χ2n) is 8.33. The molecule has 180 valence electrons. The molecule has 0 unspecified atom stereocenters. The van der Waals surface area contributed by atoms with Gasteiger partial charge in [0.25, 0.3) is 16.8 Å². The highest BCUT2D eigenvalue weighted by molar-refractivity contribution is 8.18. The molecular weight excluding hydrogens is 470 g/mol. The summed E-state index contributed by atoms with van der Waals surface area (Å²) in [6, 6.07) is 14.1. The van der Waals surface area contributed by atoms with Crippen molar-refractivity contribution in [2.24, 2.45) is 0 Å². The summed E-state index contributed by atoms with van der Waals surface area (Å²) in [5.74, 6) is -1.17. The zero-order valence-corrected chi connectivity index (χ0v) is 20.2. The average Bonchev–Trinajstić information content (AvgIpc) is 3.22. The van der Waals surface area contributed by atoms with Crippen molar-refractivity contribution in [2.75, 3.05) is 6.54 Å². The molecule has 2 heterocycles. The number of nitro groups is 1. The minimum Gasteiger partial charge on any atom is -0.462 e. The Kier molecular flexibility index (Phi) is 6.74. The van der Waals surface area contributed by atoms with Gasteiger partial charge in [0.05, 0.1) is 15.9 Å². The van der Waals surface area contributed by atoms with Crippen molar-refractivity contribution in [1.29, 1.82) is 0 Å². The van der Waals surface area contributed by atoms with Crippen LogP contribution in [0.1, 0.15) is 30.7 Å². The van der Waals surface area contributed by atoms with Crippen molar-refractivity contribution in [1.82, 2.24) is 9.47 Å². The van der Waals surface area contributed by atoms with Gasteiger partial charge in [-0.25, -0.2) is 0 Å². The number of carbonyl (C=O) groups excluding carboxylic acids is 3. The summed E-state index contributed by atoms with van der Waals surface area (Å²) >= 11 is 0.790. The number of benzene rings is 2. The molecule has 1 saturated heterocycles. The summed E-state index contributed by atoms with van der Waals surface area (Å²) in [6.45, 7) is 5.35. The van der Waals surface area contributed by atoms with E-state index in [4.69, 9.17) is 4.74 Å². The first-order valence-electron chi connectivity index (χ1n) is 10.9. The molecule has 1 aromatic heterocycles. The Morgan fingerprint density at radius 3 is 2.49 bits per heavy atom. The third-order valence-electron chi connectivity index (χ3n) is 5.57. The number of esters is 1. The lowest BCUT2D eigenvalue weighted by atomic mass is 10.1. The number of fused-ring (bicyclic) bond motifs is 1. The molecule has 0 aliphatic carbocycles. The molecule has 1 fully saturated rings. The first-order valence-corrected chi connectivity index (χ1v) is 11.7. The highest BCUT2D eigenvalue weighted by atomic mass is 32.2. The maximum Gasteiger partial charge on any atom is 0.326 e. The van der Waals surface area contributed by atoms with E-state index in [0.29, 0.717) is 6.54 Å². The van der Waals surface area contributed by atoms with Crippen LogP contribution in [0.5, 0.6) is 0 Å². The molecule has 0 spiro atoms. The van der Waals surface area contributed by atoms with Gasteiger partial charge in [0.15, 0.2) is 0 Å². The highest BCUT2D eigenvalue weighted by Crippen LogP contribution is 2.36. The fourth-order valence-corrected chi connectivity index (χ4v) is 4.77. The van der Waals surface area contributed by atoms with E-state index in [9.17, 15) is 24.5 Å². The van der Waals surface area contributed by atoms with Crippen molar-refractivity contribution in [3.05, 3.63) is 80.4 Å². The molecule has 4 rings (SSSR count). The zero-order chi connectivity index (χ0) is 25.3. The third-order valence-corrected chi connectivity index (χ3v) is 6.48. The van der Waals surface area contributed by atoms with E-state index in [0.717, 1.165) is 44.4 Å². The Hall–Kier alpha value is -3.92. The predicted molar refractivity (Wildman–Crippen MR) is 133 cm³/mol. The topological polar surface area (TPSA) is 112 Å². The number of aromatic nitrogens is 1. The van der Waals surface area contributed by atoms with Crippen LogP contribution in [0.2, 0.25) is 0 Å². The van der Waals surface area contributed by atoms with Crippen LogP contribution < -0.4 is 0 Å². The van der Waals surface area contributed by atoms with Crippen LogP contribution in [0.4, 0.5) is 10.5 Å².